The SMILES string of the molecule is NC(=O)c1ccc2c(c1)nc(NC1CC1)c1nc(CC3CC3)ncc12. The van der Waals surface area contributed by atoms with E-state index in [-0.39, 0.29) is 0 Å². The van der Waals surface area contributed by atoms with Crippen molar-refractivity contribution in [3.8, 4) is 0 Å². The Bertz CT molecular complexity index is 1010. The summed E-state index contributed by atoms with van der Waals surface area (Å²) in [5.74, 6) is 1.97. The molecular weight excluding hydrogens is 314 g/mol. The number of hydrogen-bond acceptors (Lipinski definition) is 5. The van der Waals surface area contributed by atoms with Crippen LogP contribution in [0.3, 0.4) is 0 Å². The Morgan fingerprint density at radius 3 is 2.72 bits per heavy atom. The molecule has 3 aromatic rings. The van der Waals surface area contributed by atoms with Crippen molar-refractivity contribution in [3.63, 3.8) is 0 Å². The smallest absolute Gasteiger partial charge is 0.248 e. The van der Waals surface area contributed by atoms with Crippen LogP contribution in [0.15, 0.2) is 24.4 Å². The first-order valence-corrected chi connectivity index (χ1v) is 8.83. The summed E-state index contributed by atoms with van der Waals surface area (Å²) in [7, 11) is 0. The Morgan fingerprint density at radius 2 is 2.00 bits per heavy atom. The molecule has 0 bridgehead atoms. The number of nitrogens with one attached hydrogen (secondary N) is 1. The summed E-state index contributed by atoms with van der Waals surface area (Å²) in [6.45, 7) is 0. The fourth-order valence-corrected chi connectivity index (χ4v) is 3.17. The summed E-state index contributed by atoms with van der Waals surface area (Å²) in [6.07, 6.45) is 7.70. The molecule has 1 aromatic carbocycles. The number of nitrogens with two attached hydrogens (primary N) is 1. The molecular formula is C19H19N5O. The largest absolute Gasteiger partial charge is 0.366 e. The molecule has 0 spiro atoms. The zero-order valence-electron chi connectivity index (χ0n) is 13.8. The molecule has 2 heterocycles. The lowest BCUT2D eigenvalue weighted by atomic mass is 10.1. The predicted molar refractivity (Wildman–Crippen MR) is 96.4 cm³/mol. The van der Waals surface area contributed by atoms with Gasteiger partial charge in [-0.05, 0) is 43.7 Å². The molecule has 2 aliphatic carbocycles. The first kappa shape index (κ1) is 14.6. The minimum atomic E-state index is -0.448. The third-order valence-electron chi connectivity index (χ3n) is 4.95. The molecule has 6 heteroatoms. The number of fused-ring (bicyclic) bond motifs is 3. The Balaban J connectivity index is 1.71. The van der Waals surface area contributed by atoms with Crippen molar-refractivity contribution in [2.75, 3.05) is 5.32 Å². The van der Waals surface area contributed by atoms with Gasteiger partial charge in [-0.25, -0.2) is 15.0 Å². The predicted octanol–water partition coefficient (Wildman–Crippen LogP) is 2.80. The molecule has 6 nitrogen and oxygen atoms in total. The molecule has 2 saturated carbocycles. The van der Waals surface area contributed by atoms with Crippen molar-refractivity contribution >= 4 is 33.5 Å². The second kappa shape index (κ2) is 5.37. The topological polar surface area (TPSA) is 93.8 Å². The van der Waals surface area contributed by atoms with Crippen LogP contribution in [0.2, 0.25) is 0 Å². The second-order valence-electron chi connectivity index (χ2n) is 7.17. The number of hydrogen-bond donors (Lipinski definition) is 2. The normalized spacial score (nSPS) is 17.1. The van der Waals surface area contributed by atoms with Crippen LogP contribution in [0.1, 0.15) is 41.9 Å². The van der Waals surface area contributed by atoms with Crippen LogP contribution in [-0.4, -0.2) is 26.9 Å². The average Bonchev–Trinajstić information content (AvgIpc) is 3.51. The van der Waals surface area contributed by atoms with Gasteiger partial charge in [0, 0.05) is 35.0 Å². The molecule has 25 heavy (non-hydrogen) atoms. The van der Waals surface area contributed by atoms with Crippen LogP contribution in [0.25, 0.3) is 21.8 Å². The van der Waals surface area contributed by atoms with Crippen molar-refractivity contribution in [1.29, 1.82) is 0 Å². The van der Waals surface area contributed by atoms with Crippen molar-refractivity contribution in [1.82, 2.24) is 15.0 Å². The summed E-state index contributed by atoms with van der Waals surface area (Å²) in [4.78, 5) is 25.6. The molecule has 2 aromatic heterocycles. The van der Waals surface area contributed by atoms with E-state index < -0.39 is 5.91 Å². The Hall–Kier alpha value is -2.76. The van der Waals surface area contributed by atoms with E-state index in [2.05, 4.69) is 10.3 Å². The quantitative estimate of drug-likeness (QED) is 0.700. The Labute approximate surface area is 144 Å². The van der Waals surface area contributed by atoms with E-state index in [0.29, 0.717) is 11.6 Å². The lowest BCUT2D eigenvalue weighted by molar-refractivity contribution is 0.100. The van der Waals surface area contributed by atoms with Gasteiger partial charge in [-0.1, -0.05) is 6.07 Å². The van der Waals surface area contributed by atoms with Gasteiger partial charge in [0.15, 0.2) is 5.82 Å². The van der Waals surface area contributed by atoms with Gasteiger partial charge >= 0.3 is 0 Å². The number of amides is 1. The average molecular weight is 333 g/mol. The van der Waals surface area contributed by atoms with Crippen LogP contribution in [-0.2, 0) is 6.42 Å². The fourth-order valence-electron chi connectivity index (χ4n) is 3.17. The highest BCUT2D eigenvalue weighted by Crippen LogP contribution is 2.34. The number of anilines is 1. The molecule has 2 fully saturated rings. The van der Waals surface area contributed by atoms with Gasteiger partial charge < -0.3 is 11.1 Å². The van der Waals surface area contributed by atoms with Gasteiger partial charge in [-0.15, -0.1) is 0 Å². The van der Waals surface area contributed by atoms with Crippen LogP contribution < -0.4 is 11.1 Å². The molecule has 0 unspecified atom stereocenters. The van der Waals surface area contributed by atoms with E-state index in [1.54, 1.807) is 12.1 Å². The maximum Gasteiger partial charge on any atom is 0.248 e. The summed E-state index contributed by atoms with van der Waals surface area (Å²) in [6, 6.07) is 5.83. The third-order valence-corrected chi connectivity index (χ3v) is 4.95. The van der Waals surface area contributed by atoms with Gasteiger partial charge in [0.2, 0.25) is 5.91 Å². The monoisotopic (exact) mass is 333 g/mol. The van der Waals surface area contributed by atoms with Crippen LogP contribution in [0, 0.1) is 5.92 Å². The Morgan fingerprint density at radius 1 is 1.16 bits per heavy atom. The molecule has 1 amide bonds. The highest BCUT2D eigenvalue weighted by atomic mass is 16.1. The minimum absolute atomic E-state index is 0.448. The number of aromatic nitrogens is 3. The first-order chi connectivity index (χ1) is 12.2. The molecule has 2 aliphatic rings. The van der Waals surface area contributed by atoms with Crippen molar-refractivity contribution in [2.45, 2.75) is 38.1 Å². The maximum absolute atomic E-state index is 11.5. The molecule has 3 N–H and O–H groups in total. The van der Waals surface area contributed by atoms with Gasteiger partial charge in [-0.3, -0.25) is 4.79 Å². The van der Waals surface area contributed by atoms with E-state index in [9.17, 15) is 4.79 Å². The Kier molecular flexibility index (Phi) is 3.13. The molecule has 0 radical (unpaired) electrons. The zero-order valence-corrected chi connectivity index (χ0v) is 13.8. The minimum Gasteiger partial charge on any atom is -0.366 e. The van der Waals surface area contributed by atoms with Gasteiger partial charge in [-0.2, -0.15) is 0 Å². The van der Waals surface area contributed by atoms with E-state index >= 15 is 0 Å². The van der Waals surface area contributed by atoms with Gasteiger partial charge in [0.25, 0.3) is 0 Å². The van der Waals surface area contributed by atoms with E-state index in [0.717, 1.165) is 58.6 Å². The summed E-state index contributed by atoms with van der Waals surface area (Å²) < 4.78 is 0. The second-order valence-corrected chi connectivity index (χ2v) is 7.17. The molecule has 5 rings (SSSR count). The van der Waals surface area contributed by atoms with Crippen LogP contribution in [0.5, 0.6) is 0 Å². The lowest BCUT2D eigenvalue weighted by Crippen LogP contribution is -2.11. The maximum atomic E-state index is 11.5. The number of benzene rings is 1. The molecule has 0 aliphatic heterocycles. The summed E-state index contributed by atoms with van der Waals surface area (Å²) >= 11 is 0. The number of nitrogens with zero attached hydrogens (tertiary/aromatic N) is 3. The lowest BCUT2D eigenvalue weighted by Gasteiger charge is -2.12. The van der Waals surface area contributed by atoms with Crippen LogP contribution in [0.4, 0.5) is 5.82 Å². The van der Waals surface area contributed by atoms with Crippen molar-refractivity contribution < 1.29 is 4.79 Å². The highest BCUT2D eigenvalue weighted by molar-refractivity contribution is 6.09. The van der Waals surface area contributed by atoms with E-state index in [1.165, 1.54) is 12.8 Å². The molecule has 0 atom stereocenters. The van der Waals surface area contributed by atoms with E-state index in [4.69, 9.17) is 15.7 Å². The van der Waals surface area contributed by atoms with Gasteiger partial charge in [0.1, 0.15) is 11.3 Å². The molecule has 126 valence electrons. The highest BCUT2D eigenvalue weighted by Gasteiger charge is 2.25. The number of primary amides is 1. The van der Waals surface area contributed by atoms with Gasteiger partial charge in [0.05, 0.1) is 5.52 Å². The number of carbonyl (C=O) groups is 1. The third kappa shape index (κ3) is 2.77. The number of rotatable bonds is 5. The van der Waals surface area contributed by atoms with Crippen molar-refractivity contribution in [3.05, 3.63) is 35.8 Å². The summed E-state index contributed by atoms with van der Waals surface area (Å²) in [5.41, 5.74) is 7.49. The molecule has 0 saturated heterocycles. The first-order valence-electron chi connectivity index (χ1n) is 8.83. The summed E-state index contributed by atoms with van der Waals surface area (Å²) in [5, 5.41) is 5.38. The standard InChI is InChI=1S/C19H19N5O/c20-18(25)11-3-6-13-14-9-21-16(7-10-1-2-10)24-17(14)19(22-12-4-5-12)23-15(13)8-11/h3,6,8-10,12H,1-2,4-5,7H2,(H2,20,25)(H,22,23). The number of pyridine rings is 1. The van der Waals surface area contributed by atoms with Crippen molar-refractivity contribution in [2.24, 2.45) is 11.7 Å². The van der Waals surface area contributed by atoms with Crippen LogP contribution >= 0.6 is 0 Å². The number of carbonyl (C=O) groups excluding carboxylic acids is 1. The fraction of sp³-hybridized carbons (Fsp3) is 0.368. The zero-order chi connectivity index (χ0) is 17.0. The van der Waals surface area contributed by atoms with E-state index in [1.807, 2.05) is 12.3 Å².